The van der Waals surface area contributed by atoms with Gasteiger partial charge >= 0.3 is 0 Å². The van der Waals surface area contributed by atoms with Crippen molar-refractivity contribution in [3.8, 4) is 12.1 Å². The molecule has 51 heavy (non-hydrogen) atoms. The van der Waals surface area contributed by atoms with Crippen LogP contribution in [-0.4, -0.2) is 81.6 Å². The summed E-state index contributed by atoms with van der Waals surface area (Å²) in [5.41, 5.74) is 11.5. The molecule has 270 valence electrons. The maximum absolute atomic E-state index is 10.3. The van der Waals surface area contributed by atoms with Crippen molar-refractivity contribution in [3.05, 3.63) is 84.2 Å². The lowest BCUT2D eigenvalue weighted by atomic mass is 9.87. The number of nitrogens with two attached hydrogens (primary N) is 2. The third-order valence-electron chi connectivity index (χ3n) is 9.17. The van der Waals surface area contributed by atoms with Crippen molar-refractivity contribution in [2.24, 2.45) is 5.92 Å². The third-order valence-corrected chi connectivity index (χ3v) is 9.17. The van der Waals surface area contributed by atoms with Gasteiger partial charge in [0.15, 0.2) is 11.6 Å². The first-order chi connectivity index (χ1) is 23.6. The summed E-state index contributed by atoms with van der Waals surface area (Å²) < 4.78 is 21.0. The Hall–Kier alpha value is -5.20. The van der Waals surface area contributed by atoms with E-state index < -0.39 is 42.2 Å². The zero-order valence-corrected chi connectivity index (χ0v) is 26.7. The van der Waals surface area contributed by atoms with E-state index in [2.05, 4.69) is 40.1 Å². The van der Waals surface area contributed by atoms with Crippen LogP contribution in [0.5, 0.6) is 0 Å². The molecule has 0 saturated carbocycles. The Morgan fingerprint density at radius 1 is 0.843 bits per heavy atom. The zero-order chi connectivity index (χ0) is 34.9. The molecule has 2 aliphatic heterocycles. The molecule has 4 aromatic heterocycles. The number of hydrogen-bond acceptors (Lipinski definition) is 14. The van der Waals surface area contributed by atoms with Gasteiger partial charge in [-0.05, 0) is 36.2 Å². The van der Waals surface area contributed by atoms with Crippen LogP contribution in [0.1, 0.15) is 52.1 Å². The quantitative estimate of drug-likeness (QED) is 0.164. The summed E-state index contributed by atoms with van der Waals surface area (Å²) >= 11 is 0. The Balaban J connectivity index is 0.000000228. The number of aliphatic hydroxyl groups excluding tert-OH is 3. The Morgan fingerprint density at radius 2 is 1.37 bits per heavy atom. The van der Waals surface area contributed by atoms with Gasteiger partial charge in [-0.15, -0.1) is 0 Å². The van der Waals surface area contributed by atoms with Gasteiger partial charge in [0.1, 0.15) is 60.2 Å². The smallest absolute Gasteiger partial charge is 0.225 e. The second kappa shape index (κ2) is 15.4. The number of ether oxygens (including phenoxy) is 3. The Labute approximate surface area is 295 Å². The number of benzene rings is 1. The van der Waals surface area contributed by atoms with E-state index in [-0.39, 0.29) is 38.4 Å². The minimum Gasteiger partial charge on any atom is -0.394 e. The SMILES string of the molecule is C.C.CC[C@H]1O[C@@](C#N)(c2ccc3c(N)ncnn23)[C@H](OCc2ccccc2)[C@@H]1C.N#C[C@@]1(c2ccc3c(N)ncnn23)O[C@H](CO)[C@@H](O)[C@H]1O. The molecule has 1 aromatic carbocycles. The second-order valence-corrected chi connectivity index (χ2v) is 11.9. The maximum atomic E-state index is 10.3. The highest BCUT2D eigenvalue weighted by Crippen LogP contribution is 2.46. The number of anilines is 2. The molecule has 2 fully saturated rings. The second-order valence-electron chi connectivity index (χ2n) is 11.9. The van der Waals surface area contributed by atoms with Gasteiger partial charge < -0.3 is 41.0 Å². The van der Waals surface area contributed by atoms with Gasteiger partial charge in [0.25, 0.3) is 0 Å². The molecule has 7 N–H and O–H groups in total. The number of rotatable bonds is 7. The van der Waals surface area contributed by atoms with E-state index in [1.165, 1.54) is 23.2 Å². The molecule has 0 bridgehead atoms. The standard InChI is InChI=1S/C21H23N5O2.C12H13N5O4.2CH4/c1-3-17-14(2)19(27-11-15-7-5-4-6-8-15)21(12-22,28-17)18-10-9-16-20(23)24-13-25-26(16)18;13-4-12(10(20)9(19)7(3-18)21-12)8-2-1-6-11(14)15-5-16-17(6)8;;/h4-10,13-14,17,19H,3,11H2,1-2H3,(H2,23,24,25);1-2,5,7,9-10,18-20H,3H2,(H2,14,15,16);2*1H4/t14-,17-,19-,21+;7-,9-,10-,12+;;/m11../s1. The molecule has 16 nitrogen and oxygen atoms in total. The maximum Gasteiger partial charge on any atom is 0.225 e. The van der Waals surface area contributed by atoms with E-state index in [0.717, 1.165) is 12.0 Å². The highest BCUT2D eigenvalue weighted by atomic mass is 16.6. The van der Waals surface area contributed by atoms with Crippen molar-refractivity contribution in [2.45, 2.75) is 83.5 Å². The topological polar surface area (TPSA) is 248 Å². The average Bonchev–Trinajstić information content (AvgIpc) is 3.88. The van der Waals surface area contributed by atoms with E-state index in [4.69, 9.17) is 25.7 Å². The van der Waals surface area contributed by atoms with Crippen molar-refractivity contribution in [1.82, 2.24) is 29.2 Å². The zero-order valence-electron chi connectivity index (χ0n) is 26.7. The third kappa shape index (κ3) is 6.34. The van der Waals surface area contributed by atoms with Crippen molar-refractivity contribution < 1.29 is 29.5 Å². The number of aliphatic hydroxyl groups is 3. The van der Waals surface area contributed by atoms with Crippen molar-refractivity contribution in [3.63, 3.8) is 0 Å². The van der Waals surface area contributed by atoms with Crippen LogP contribution in [-0.2, 0) is 32.0 Å². The number of aromatic nitrogens is 6. The van der Waals surface area contributed by atoms with Crippen LogP contribution in [0.25, 0.3) is 11.0 Å². The van der Waals surface area contributed by atoms with E-state index in [1.807, 2.05) is 48.5 Å². The molecule has 5 aromatic rings. The molecule has 8 atom stereocenters. The molecule has 16 heteroatoms. The summed E-state index contributed by atoms with van der Waals surface area (Å²) in [5, 5.41) is 57.4. The Bertz CT molecular complexity index is 2030. The van der Waals surface area contributed by atoms with Crippen molar-refractivity contribution >= 4 is 22.7 Å². The molecule has 2 saturated heterocycles. The van der Waals surface area contributed by atoms with E-state index >= 15 is 0 Å². The largest absolute Gasteiger partial charge is 0.394 e. The molecule has 0 amide bonds. The summed E-state index contributed by atoms with van der Waals surface area (Å²) in [6.45, 7) is 4.00. The van der Waals surface area contributed by atoms with Gasteiger partial charge in [-0.1, -0.05) is 59.0 Å². The van der Waals surface area contributed by atoms with Crippen LogP contribution in [0.4, 0.5) is 11.6 Å². The molecule has 7 rings (SSSR count). The molecule has 0 aliphatic carbocycles. The molecule has 2 aliphatic rings. The number of hydrogen-bond donors (Lipinski definition) is 5. The first-order valence-corrected chi connectivity index (χ1v) is 15.6. The van der Waals surface area contributed by atoms with Gasteiger partial charge in [0, 0.05) is 5.92 Å². The van der Waals surface area contributed by atoms with E-state index in [1.54, 1.807) is 10.6 Å². The van der Waals surface area contributed by atoms with Gasteiger partial charge in [0.2, 0.25) is 11.2 Å². The Morgan fingerprint density at radius 3 is 1.86 bits per heavy atom. The highest BCUT2D eigenvalue weighted by molar-refractivity contribution is 5.67. The van der Waals surface area contributed by atoms with Crippen molar-refractivity contribution in [2.75, 3.05) is 18.1 Å². The predicted octanol–water partition coefficient (Wildman–Crippen LogP) is 2.48. The lowest BCUT2D eigenvalue weighted by molar-refractivity contribution is -0.0817. The van der Waals surface area contributed by atoms with Crippen LogP contribution in [0.3, 0.4) is 0 Å². The minimum atomic E-state index is -1.85. The van der Waals surface area contributed by atoms with Gasteiger partial charge in [-0.2, -0.15) is 20.7 Å². The highest BCUT2D eigenvalue weighted by Gasteiger charge is 2.58. The average molecular weight is 701 g/mol. The predicted molar refractivity (Wildman–Crippen MR) is 186 cm³/mol. The van der Waals surface area contributed by atoms with Crippen LogP contribution < -0.4 is 11.5 Å². The summed E-state index contributed by atoms with van der Waals surface area (Å²) in [4.78, 5) is 7.86. The number of nitrogens with zero attached hydrogens (tertiary/aromatic N) is 8. The van der Waals surface area contributed by atoms with E-state index in [0.29, 0.717) is 29.2 Å². The van der Waals surface area contributed by atoms with Crippen LogP contribution in [0.15, 0.2) is 67.3 Å². The fraction of sp³-hybridized carbons (Fsp3) is 0.429. The fourth-order valence-electron chi connectivity index (χ4n) is 6.61. The molecular formula is C35H44N10O6. The van der Waals surface area contributed by atoms with Gasteiger partial charge in [-0.3, -0.25) is 0 Å². The van der Waals surface area contributed by atoms with Gasteiger partial charge in [0.05, 0.1) is 30.7 Å². The first kappa shape index (κ1) is 38.6. The molecule has 6 heterocycles. The fourth-order valence-corrected chi connectivity index (χ4v) is 6.61. The molecule has 0 spiro atoms. The van der Waals surface area contributed by atoms with Crippen LogP contribution in [0, 0.1) is 28.6 Å². The first-order valence-electron chi connectivity index (χ1n) is 15.6. The minimum absolute atomic E-state index is 0. The number of fused-ring (bicyclic) bond motifs is 2. The summed E-state index contributed by atoms with van der Waals surface area (Å²) in [6.07, 6.45) is -1.15. The normalized spacial score (nSPS) is 28.2. The summed E-state index contributed by atoms with van der Waals surface area (Å²) in [6, 6.07) is 20.9. The Kier molecular flexibility index (Phi) is 11.6. The lowest BCUT2D eigenvalue weighted by Crippen LogP contribution is -2.40. The molecule has 0 radical (unpaired) electrons. The monoisotopic (exact) mass is 700 g/mol. The number of nitrogen functional groups attached to an aromatic ring is 2. The summed E-state index contributed by atoms with van der Waals surface area (Å²) in [5.74, 6) is 0.600. The van der Waals surface area contributed by atoms with Crippen LogP contribution >= 0.6 is 0 Å². The lowest BCUT2D eigenvalue weighted by Gasteiger charge is -2.28. The summed E-state index contributed by atoms with van der Waals surface area (Å²) in [7, 11) is 0. The molecular weight excluding hydrogens is 656 g/mol. The molecule has 0 unspecified atom stereocenters. The van der Waals surface area contributed by atoms with Gasteiger partial charge in [-0.25, -0.2) is 19.0 Å². The van der Waals surface area contributed by atoms with Crippen LogP contribution in [0.2, 0.25) is 0 Å². The number of nitriles is 2. The van der Waals surface area contributed by atoms with Crippen molar-refractivity contribution in [1.29, 1.82) is 10.5 Å². The van der Waals surface area contributed by atoms with E-state index in [9.17, 15) is 25.8 Å².